The van der Waals surface area contributed by atoms with Crippen molar-refractivity contribution in [3.8, 4) is 5.75 Å². The predicted octanol–water partition coefficient (Wildman–Crippen LogP) is 6.78. The summed E-state index contributed by atoms with van der Waals surface area (Å²) in [4.78, 5) is 0. The van der Waals surface area contributed by atoms with E-state index in [0.29, 0.717) is 24.7 Å². The van der Waals surface area contributed by atoms with Crippen molar-refractivity contribution in [3.05, 3.63) is 53.9 Å². The second-order valence-corrected chi connectivity index (χ2v) is 11.1. The number of hydrogen-bond donors (Lipinski definition) is 3. The maximum Gasteiger partial charge on any atom is 0.304 e. The number of aliphatic hydroxyl groups is 2. The molecule has 3 aliphatic carbocycles. The Balaban J connectivity index is 1.55. The summed E-state index contributed by atoms with van der Waals surface area (Å²) in [6.45, 7) is 6.53. The number of hydrogen-bond acceptors (Lipinski definition) is 3. The SMILES string of the molecule is C=C[C@@]12CCc3cc(O)ccc3[C@H]1[C@@H](CCCCC[C@@H](O)C(F)=C(F)F)C[C@@]1(C)[C@H]2CC[C@@H]1O. The molecular weight excluding hydrogens is 441 g/mol. The number of rotatable bonds is 8. The molecule has 6 heteroatoms. The topological polar surface area (TPSA) is 60.7 Å². The number of phenols is 1. The molecule has 3 nitrogen and oxygen atoms in total. The number of benzene rings is 1. The summed E-state index contributed by atoms with van der Waals surface area (Å²) < 4.78 is 37.9. The van der Waals surface area contributed by atoms with Crippen LogP contribution < -0.4 is 0 Å². The van der Waals surface area contributed by atoms with E-state index in [2.05, 4.69) is 25.6 Å². The molecule has 0 spiro atoms. The van der Waals surface area contributed by atoms with Gasteiger partial charge in [-0.15, -0.1) is 6.58 Å². The van der Waals surface area contributed by atoms with Crippen LogP contribution in [0.4, 0.5) is 13.2 Å². The zero-order valence-corrected chi connectivity index (χ0v) is 19.9. The van der Waals surface area contributed by atoms with Gasteiger partial charge in [-0.1, -0.05) is 38.3 Å². The number of halogens is 3. The first-order valence-electron chi connectivity index (χ1n) is 12.7. The monoisotopic (exact) mass is 478 g/mol. The van der Waals surface area contributed by atoms with Crippen LogP contribution in [0.2, 0.25) is 0 Å². The van der Waals surface area contributed by atoms with Crippen molar-refractivity contribution in [2.24, 2.45) is 22.7 Å². The van der Waals surface area contributed by atoms with Gasteiger partial charge in [0.15, 0.2) is 5.83 Å². The molecule has 0 radical (unpaired) electrons. The van der Waals surface area contributed by atoms with Crippen LogP contribution in [0, 0.1) is 22.7 Å². The van der Waals surface area contributed by atoms with Crippen LogP contribution in [0.3, 0.4) is 0 Å². The van der Waals surface area contributed by atoms with E-state index in [1.54, 1.807) is 6.07 Å². The molecule has 2 fully saturated rings. The molecule has 0 amide bonds. The van der Waals surface area contributed by atoms with Gasteiger partial charge in [0.1, 0.15) is 11.9 Å². The Morgan fingerprint density at radius 3 is 2.68 bits per heavy atom. The van der Waals surface area contributed by atoms with E-state index in [9.17, 15) is 28.5 Å². The highest BCUT2D eigenvalue weighted by Crippen LogP contribution is 2.69. The lowest BCUT2D eigenvalue weighted by molar-refractivity contribution is -0.0812. The highest BCUT2D eigenvalue weighted by atomic mass is 19.3. The maximum absolute atomic E-state index is 13.2. The third-order valence-electron chi connectivity index (χ3n) is 9.38. The molecule has 3 aliphatic rings. The van der Waals surface area contributed by atoms with E-state index in [-0.39, 0.29) is 35.0 Å². The van der Waals surface area contributed by atoms with Gasteiger partial charge in [0.05, 0.1) is 6.10 Å². The van der Waals surface area contributed by atoms with Gasteiger partial charge in [-0.05, 0) is 96.8 Å². The van der Waals surface area contributed by atoms with Crippen molar-refractivity contribution in [2.45, 2.75) is 89.3 Å². The Morgan fingerprint density at radius 2 is 1.97 bits per heavy atom. The number of aromatic hydroxyl groups is 1. The lowest BCUT2D eigenvalue weighted by Gasteiger charge is -2.60. The van der Waals surface area contributed by atoms with Crippen molar-refractivity contribution in [2.75, 3.05) is 0 Å². The summed E-state index contributed by atoms with van der Waals surface area (Å²) >= 11 is 0. The van der Waals surface area contributed by atoms with Crippen LogP contribution in [0.25, 0.3) is 0 Å². The fourth-order valence-electron chi connectivity index (χ4n) is 7.87. The highest BCUT2D eigenvalue weighted by Gasteiger charge is 2.63. The zero-order chi connectivity index (χ0) is 24.7. The Kier molecular flexibility index (Phi) is 7.21. The summed E-state index contributed by atoms with van der Waals surface area (Å²) in [5.74, 6) is -0.525. The number of aliphatic hydroxyl groups excluding tert-OH is 2. The van der Waals surface area contributed by atoms with E-state index >= 15 is 0 Å². The van der Waals surface area contributed by atoms with E-state index in [4.69, 9.17) is 0 Å². The van der Waals surface area contributed by atoms with Crippen LogP contribution in [-0.2, 0) is 6.42 Å². The summed E-state index contributed by atoms with van der Waals surface area (Å²) in [7, 11) is 0. The van der Waals surface area contributed by atoms with Gasteiger partial charge in [-0.2, -0.15) is 8.78 Å². The van der Waals surface area contributed by atoms with E-state index in [1.165, 1.54) is 11.1 Å². The lowest BCUT2D eigenvalue weighted by atomic mass is 9.44. The number of phenolic OH excluding ortho intramolecular Hbond substituents is 1. The molecule has 0 unspecified atom stereocenters. The third kappa shape index (κ3) is 4.21. The smallest absolute Gasteiger partial charge is 0.304 e. The maximum atomic E-state index is 13.2. The Bertz CT molecular complexity index is 943. The van der Waals surface area contributed by atoms with Gasteiger partial charge in [-0.25, -0.2) is 4.39 Å². The van der Waals surface area contributed by atoms with E-state index < -0.39 is 18.0 Å². The van der Waals surface area contributed by atoms with Crippen LogP contribution in [0.15, 0.2) is 42.8 Å². The largest absolute Gasteiger partial charge is 0.508 e. The van der Waals surface area contributed by atoms with E-state index in [0.717, 1.165) is 44.9 Å². The van der Waals surface area contributed by atoms with Crippen LogP contribution in [0.1, 0.15) is 81.8 Å². The number of fused-ring (bicyclic) bond motifs is 5. The molecule has 2 saturated carbocycles. The number of allylic oxidation sites excluding steroid dienone is 1. The molecule has 0 aliphatic heterocycles. The van der Waals surface area contributed by atoms with Crippen molar-refractivity contribution in [1.82, 2.24) is 0 Å². The fraction of sp³-hybridized carbons (Fsp3) is 0.643. The third-order valence-corrected chi connectivity index (χ3v) is 9.38. The van der Waals surface area contributed by atoms with Crippen molar-refractivity contribution < 1.29 is 28.5 Å². The second-order valence-electron chi connectivity index (χ2n) is 11.1. The van der Waals surface area contributed by atoms with Crippen LogP contribution in [0.5, 0.6) is 5.75 Å². The number of unbranched alkanes of at least 4 members (excludes halogenated alkanes) is 2. The predicted molar refractivity (Wildman–Crippen MR) is 126 cm³/mol. The average Bonchev–Trinajstić information content (AvgIpc) is 3.11. The minimum absolute atomic E-state index is 0.0194. The molecule has 188 valence electrons. The Labute approximate surface area is 200 Å². The van der Waals surface area contributed by atoms with Gasteiger partial charge in [0, 0.05) is 0 Å². The molecule has 4 rings (SSSR count). The Hall–Kier alpha value is -1.79. The van der Waals surface area contributed by atoms with Crippen molar-refractivity contribution >= 4 is 0 Å². The minimum Gasteiger partial charge on any atom is -0.508 e. The molecular formula is C28H37F3O3. The van der Waals surface area contributed by atoms with Gasteiger partial charge in [0.2, 0.25) is 0 Å². The molecule has 7 atom stereocenters. The standard InChI is InChI=1S/C28H37F3O3/c1-3-28-14-13-17-15-19(32)9-10-20(17)24(28)18(16-27(2)22(28)11-12-23(27)34)7-5-4-6-8-21(33)25(29)26(30)31/h3,9-10,15,18,21-24,32-34H,1,4-8,11-14,16H2,2H3/t18-,21+,22+,23-,24+,27-,28-/m0/s1. The molecule has 3 N–H and O–H groups in total. The normalized spacial score (nSPS) is 35.1. The van der Waals surface area contributed by atoms with Gasteiger partial charge in [-0.3, -0.25) is 0 Å². The van der Waals surface area contributed by atoms with Gasteiger partial charge in [0.25, 0.3) is 0 Å². The molecule has 0 saturated heterocycles. The summed E-state index contributed by atoms with van der Waals surface area (Å²) in [6.07, 6.45) is 5.08. The molecule has 1 aromatic rings. The quantitative estimate of drug-likeness (QED) is 0.285. The van der Waals surface area contributed by atoms with Crippen molar-refractivity contribution in [3.63, 3.8) is 0 Å². The summed E-state index contributed by atoms with van der Waals surface area (Å²) in [6, 6.07) is 5.70. The van der Waals surface area contributed by atoms with Gasteiger partial charge >= 0.3 is 6.08 Å². The second kappa shape index (κ2) is 9.69. The first-order valence-corrected chi connectivity index (χ1v) is 12.7. The molecule has 0 aromatic heterocycles. The first-order chi connectivity index (χ1) is 16.1. The number of aryl methyl sites for hydroxylation is 1. The average molecular weight is 479 g/mol. The minimum atomic E-state index is -2.45. The van der Waals surface area contributed by atoms with Crippen molar-refractivity contribution in [1.29, 1.82) is 0 Å². The highest BCUT2D eigenvalue weighted by molar-refractivity contribution is 5.43. The van der Waals surface area contributed by atoms with Crippen LogP contribution in [-0.4, -0.2) is 27.5 Å². The molecule has 1 aromatic carbocycles. The van der Waals surface area contributed by atoms with Crippen LogP contribution >= 0.6 is 0 Å². The summed E-state index contributed by atoms with van der Waals surface area (Å²) in [5.41, 5.74) is 2.18. The zero-order valence-electron chi connectivity index (χ0n) is 19.9. The first kappa shape index (κ1) is 25.3. The molecule has 0 bridgehead atoms. The molecule has 0 heterocycles. The molecule has 34 heavy (non-hydrogen) atoms. The fourth-order valence-corrected chi connectivity index (χ4v) is 7.87. The lowest BCUT2D eigenvalue weighted by Crippen LogP contribution is -2.54. The summed E-state index contributed by atoms with van der Waals surface area (Å²) in [5, 5.41) is 30.7. The Morgan fingerprint density at radius 1 is 1.21 bits per heavy atom. The van der Waals surface area contributed by atoms with Gasteiger partial charge < -0.3 is 15.3 Å². The van der Waals surface area contributed by atoms with E-state index in [1.807, 2.05) is 6.07 Å².